The first kappa shape index (κ1) is 15.6. The molecule has 0 unspecified atom stereocenters. The molecule has 0 aliphatic rings. The lowest BCUT2D eigenvalue weighted by Crippen LogP contribution is -2.27. The number of amides is 1. The Kier molecular flexibility index (Phi) is 5.01. The topological polar surface area (TPSA) is 60.3 Å². The van der Waals surface area contributed by atoms with Gasteiger partial charge in [0.15, 0.2) is 0 Å². The molecular weight excluding hydrogens is 336 g/mol. The second kappa shape index (κ2) is 6.76. The van der Waals surface area contributed by atoms with Crippen molar-refractivity contribution in [1.82, 2.24) is 9.88 Å². The molecule has 1 N–H and O–H groups in total. The summed E-state index contributed by atoms with van der Waals surface area (Å²) in [7, 11) is 3.21. The highest BCUT2D eigenvalue weighted by Gasteiger charge is 2.18. The number of halogens is 1. The Morgan fingerprint density at radius 3 is 2.71 bits per heavy atom. The zero-order valence-corrected chi connectivity index (χ0v) is 13.6. The van der Waals surface area contributed by atoms with Gasteiger partial charge in [0.05, 0.1) is 11.6 Å². The predicted octanol–water partition coefficient (Wildman–Crippen LogP) is 2.62. The van der Waals surface area contributed by atoms with Gasteiger partial charge in [0.2, 0.25) is 0 Å². The number of hydrogen-bond acceptors (Lipinski definition) is 3. The van der Waals surface area contributed by atoms with Crippen LogP contribution in [-0.2, 0) is 16.6 Å². The van der Waals surface area contributed by atoms with E-state index in [2.05, 4.69) is 26.0 Å². The van der Waals surface area contributed by atoms with Crippen LogP contribution >= 0.6 is 15.9 Å². The summed E-state index contributed by atoms with van der Waals surface area (Å²) in [4.78, 5) is 23.3. The zero-order chi connectivity index (χ0) is 15.4. The molecule has 0 spiro atoms. The first-order valence-corrected chi connectivity index (χ1v) is 7.43. The highest BCUT2D eigenvalue weighted by atomic mass is 79.9. The SMILES string of the molecule is COC(=O)CCCNC(=O)c1c(Br)c2ccccc2n1C. The van der Waals surface area contributed by atoms with E-state index in [1.54, 1.807) is 0 Å². The quantitative estimate of drug-likeness (QED) is 0.664. The van der Waals surface area contributed by atoms with Crippen LogP contribution in [0, 0.1) is 0 Å². The van der Waals surface area contributed by atoms with Crippen LogP contribution in [0.1, 0.15) is 23.3 Å². The largest absolute Gasteiger partial charge is 0.469 e. The molecule has 1 amide bonds. The Morgan fingerprint density at radius 2 is 2.05 bits per heavy atom. The fourth-order valence-corrected chi connectivity index (χ4v) is 3.00. The lowest BCUT2D eigenvalue weighted by molar-refractivity contribution is -0.140. The van der Waals surface area contributed by atoms with Gasteiger partial charge >= 0.3 is 5.97 Å². The number of benzene rings is 1. The summed E-state index contributed by atoms with van der Waals surface area (Å²) in [6.07, 6.45) is 0.854. The number of fused-ring (bicyclic) bond motifs is 1. The molecule has 21 heavy (non-hydrogen) atoms. The van der Waals surface area contributed by atoms with Crippen LogP contribution in [0.5, 0.6) is 0 Å². The van der Waals surface area contributed by atoms with E-state index in [-0.39, 0.29) is 11.9 Å². The average molecular weight is 353 g/mol. The minimum absolute atomic E-state index is 0.162. The molecule has 0 aliphatic heterocycles. The number of ether oxygens (including phenoxy) is 1. The van der Waals surface area contributed by atoms with Gasteiger partial charge in [0.1, 0.15) is 5.69 Å². The number of carbonyl (C=O) groups excluding carboxylic acids is 2. The smallest absolute Gasteiger partial charge is 0.305 e. The van der Waals surface area contributed by atoms with Crippen LogP contribution in [-0.4, -0.2) is 30.1 Å². The monoisotopic (exact) mass is 352 g/mol. The molecule has 1 aromatic heterocycles. The summed E-state index contributed by atoms with van der Waals surface area (Å²) >= 11 is 3.49. The third kappa shape index (κ3) is 3.26. The van der Waals surface area contributed by atoms with Gasteiger partial charge in [0.25, 0.3) is 5.91 Å². The number of para-hydroxylation sites is 1. The van der Waals surface area contributed by atoms with Crippen molar-refractivity contribution in [1.29, 1.82) is 0 Å². The Balaban J connectivity index is 2.08. The minimum atomic E-state index is -0.268. The van der Waals surface area contributed by atoms with Crippen molar-refractivity contribution in [3.63, 3.8) is 0 Å². The van der Waals surface area contributed by atoms with Crippen LogP contribution in [0.15, 0.2) is 28.7 Å². The lowest BCUT2D eigenvalue weighted by atomic mass is 10.2. The number of carbonyl (C=O) groups is 2. The highest BCUT2D eigenvalue weighted by Crippen LogP contribution is 2.29. The first-order valence-electron chi connectivity index (χ1n) is 6.64. The van der Waals surface area contributed by atoms with E-state index in [1.807, 2.05) is 35.9 Å². The Bertz CT molecular complexity index is 640. The van der Waals surface area contributed by atoms with Crippen LogP contribution in [0.3, 0.4) is 0 Å². The van der Waals surface area contributed by atoms with Crippen LogP contribution in [0.2, 0.25) is 0 Å². The van der Waals surface area contributed by atoms with Gasteiger partial charge in [0, 0.05) is 30.9 Å². The second-order valence-electron chi connectivity index (χ2n) is 4.67. The van der Waals surface area contributed by atoms with Crippen LogP contribution in [0.4, 0.5) is 0 Å². The van der Waals surface area contributed by atoms with E-state index < -0.39 is 0 Å². The molecule has 0 radical (unpaired) electrons. The molecule has 1 heterocycles. The lowest BCUT2D eigenvalue weighted by Gasteiger charge is -2.07. The summed E-state index contributed by atoms with van der Waals surface area (Å²) in [5.74, 6) is -0.430. The van der Waals surface area contributed by atoms with Gasteiger partial charge in [-0.25, -0.2) is 0 Å². The summed E-state index contributed by atoms with van der Waals surface area (Å²) in [5.41, 5.74) is 1.57. The average Bonchev–Trinajstić information content (AvgIpc) is 2.75. The maximum atomic E-state index is 12.3. The van der Waals surface area contributed by atoms with Crippen molar-refractivity contribution in [2.24, 2.45) is 7.05 Å². The van der Waals surface area contributed by atoms with E-state index in [4.69, 9.17) is 0 Å². The molecule has 0 atom stereocenters. The maximum absolute atomic E-state index is 12.3. The molecule has 0 fully saturated rings. The van der Waals surface area contributed by atoms with Crippen LogP contribution in [0.25, 0.3) is 10.9 Å². The normalized spacial score (nSPS) is 10.6. The predicted molar refractivity (Wildman–Crippen MR) is 84.2 cm³/mol. The number of aryl methyl sites for hydroxylation is 1. The zero-order valence-electron chi connectivity index (χ0n) is 12.0. The summed E-state index contributed by atoms with van der Waals surface area (Å²) in [6, 6.07) is 7.81. The Morgan fingerprint density at radius 1 is 1.33 bits per heavy atom. The third-order valence-electron chi connectivity index (χ3n) is 3.33. The molecule has 6 heteroatoms. The minimum Gasteiger partial charge on any atom is -0.469 e. The molecule has 112 valence electrons. The van der Waals surface area contributed by atoms with Gasteiger partial charge in [-0.2, -0.15) is 0 Å². The van der Waals surface area contributed by atoms with E-state index in [1.165, 1.54) is 7.11 Å². The van der Waals surface area contributed by atoms with E-state index in [0.29, 0.717) is 25.1 Å². The first-order chi connectivity index (χ1) is 10.1. The van der Waals surface area contributed by atoms with Crippen molar-refractivity contribution in [3.8, 4) is 0 Å². The molecule has 0 aliphatic carbocycles. The van der Waals surface area contributed by atoms with Gasteiger partial charge < -0.3 is 14.6 Å². The van der Waals surface area contributed by atoms with Gasteiger partial charge in [-0.3, -0.25) is 9.59 Å². The maximum Gasteiger partial charge on any atom is 0.305 e. The molecule has 0 saturated heterocycles. The van der Waals surface area contributed by atoms with Crippen molar-refractivity contribution in [2.45, 2.75) is 12.8 Å². The summed E-state index contributed by atoms with van der Waals surface area (Å²) < 4.78 is 7.20. The van der Waals surface area contributed by atoms with Crippen molar-refractivity contribution >= 4 is 38.7 Å². The molecular formula is C15H17BrN2O3. The highest BCUT2D eigenvalue weighted by molar-refractivity contribution is 9.10. The third-order valence-corrected chi connectivity index (χ3v) is 4.13. The molecule has 2 rings (SSSR count). The van der Waals surface area contributed by atoms with Crippen molar-refractivity contribution in [2.75, 3.05) is 13.7 Å². The number of esters is 1. The molecule has 5 nitrogen and oxygen atoms in total. The van der Waals surface area contributed by atoms with Gasteiger partial charge in [-0.1, -0.05) is 18.2 Å². The van der Waals surface area contributed by atoms with E-state index >= 15 is 0 Å². The summed E-state index contributed by atoms with van der Waals surface area (Å²) in [5, 5.41) is 3.82. The van der Waals surface area contributed by atoms with E-state index in [9.17, 15) is 9.59 Å². The molecule has 0 bridgehead atoms. The molecule has 0 saturated carbocycles. The number of methoxy groups -OCH3 is 1. The number of nitrogens with zero attached hydrogens (tertiary/aromatic N) is 1. The number of nitrogens with one attached hydrogen (secondary N) is 1. The second-order valence-corrected chi connectivity index (χ2v) is 5.47. The fraction of sp³-hybridized carbons (Fsp3) is 0.333. The van der Waals surface area contributed by atoms with E-state index in [0.717, 1.165) is 15.4 Å². The van der Waals surface area contributed by atoms with Gasteiger partial charge in [-0.15, -0.1) is 0 Å². The number of rotatable bonds is 5. The number of aromatic nitrogens is 1. The Hall–Kier alpha value is -1.82. The van der Waals surface area contributed by atoms with Crippen molar-refractivity contribution < 1.29 is 14.3 Å². The number of hydrogen-bond donors (Lipinski definition) is 1. The molecule has 2 aromatic rings. The summed E-state index contributed by atoms with van der Waals surface area (Å²) in [6.45, 7) is 0.432. The molecule has 1 aromatic carbocycles. The fourth-order valence-electron chi connectivity index (χ4n) is 2.22. The standard InChI is InChI=1S/C15H17BrN2O3/c1-18-11-7-4-3-6-10(11)13(16)14(18)15(20)17-9-5-8-12(19)21-2/h3-4,6-7H,5,8-9H2,1-2H3,(H,17,20). The van der Waals surface area contributed by atoms with Crippen LogP contribution < -0.4 is 5.32 Å². The Labute approximate surface area is 131 Å². The van der Waals surface area contributed by atoms with Gasteiger partial charge in [-0.05, 0) is 28.4 Å². The van der Waals surface area contributed by atoms with Crippen molar-refractivity contribution in [3.05, 3.63) is 34.4 Å².